The lowest BCUT2D eigenvalue weighted by Crippen LogP contribution is -2.34. The lowest BCUT2D eigenvalue weighted by Gasteiger charge is -2.38. The molecule has 94 valence electrons. The average Bonchev–Trinajstić information content (AvgIpc) is 2.13. The van der Waals surface area contributed by atoms with Crippen molar-refractivity contribution in [2.75, 3.05) is 0 Å². The van der Waals surface area contributed by atoms with Gasteiger partial charge in [-0.05, 0) is 30.6 Å². The minimum absolute atomic E-state index is 0.168. The molecule has 0 amide bonds. The molecule has 4 nitrogen and oxygen atoms in total. The van der Waals surface area contributed by atoms with Crippen molar-refractivity contribution < 1.29 is 4.74 Å². The smallest absolute Gasteiger partial charge is 0.254 e. The molecule has 1 N–H and O–H groups in total. The van der Waals surface area contributed by atoms with Crippen LogP contribution in [0.15, 0.2) is 17.2 Å². The molecule has 1 aliphatic rings. The Bertz CT molecular complexity index is 439. The standard InChI is InChI=1S/C13H20N2O2/c1-9-4-10(7-13(2,3)6-9)17-12-5-11(16)14-8-15-12/h5,8-10H,4,6-7H2,1-3H3,(H,14,15,16). The van der Waals surface area contributed by atoms with Crippen LogP contribution in [0.25, 0.3) is 0 Å². The van der Waals surface area contributed by atoms with Crippen molar-refractivity contribution in [2.24, 2.45) is 11.3 Å². The van der Waals surface area contributed by atoms with Gasteiger partial charge in [0.1, 0.15) is 6.10 Å². The first-order valence-electron chi connectivity index (χ1n) is 6.16. The molecule has 4 heteroatoms. The third-order valence-corrected chi connectivity index (χ3v) is 3.29. The summed E-state index contributed by atoms with van der Waals surface area (Å²) in [5.74, 6) is 1.09. The first-order valence-corrected chi connectivity index (χ1v) is 6.16. The fourth-order valence-electron chi connectivity index (χ4n) is 2.93. The number of nitrogens with one attached hydrogen (secondary N) is 1. The highest BCUT2D eigenvalue weighted by Crippen LogP contribution is 2.39. The summed E-state index contributed by atoms with van der Waals surface area (Å²) in [7, 11) is 0. The van der Waals surface area contributed by atoms with E-state index in [1.807, 2.05) is 0 Å². The maximum Gasteiger partial charge on any atom is 0.254 e. The second kappa shape index (κ2) is 4.51. The van der Waals surface area contributed by atoms with Crippen LogP contribution in [0.5, 0.6) is 5.88 Å². The van der Waals surface area contributed by atoms with Gasteiger partial charge in [-0.25, -0.2) is 4.98 Å². The Kier molecular flexibility index (Phi) is 3.22. The average molecular weight is 236 g/mol. The minimum atomic E-state index is -0.168. The lowest BCUT2D eigenvalue weighted by molar-refractivity contribution is 0.0531. The molecule has 2 atom stereocenters. The third-order valence-electron chi connectivity index (χ3n) is 3.29. The molecule has 0 spiro atoms. The Hall–Kier alpha value is -1.32. The second-order valence-electron chi connectivity index (χ2n) is 5.90. The Morgan fingerprint density at radius 3 is 2.88 bits per heavy atom. The fraction of sp³-hybridized carbons (Fsp3) is 0.692. The van der Waals surface area contributed by atoms with Crippen molar-refractivity contribution in [3.63, 3.8) is 0 Å². The molecule has 1 aromatic heterocycles. The predicted molar refractivity (Wildman–Crippen MR) is 66.1 cm³/mol. The Balaban J connectivity index is 2.06. The van der Waals surface area contributed by atoms with Gasteiger partial charge in [0.25, 0.3) is 5.56 Å². The third kappa shape index (κ3) is 3.32. The number of aromatic amines is 1. The number of hydrogen-bond acceptors (Lipinski definition) is 3. The van der Waals surface area contributed by atoms with Crippen LogP contribution in [0.1, 0.15) is 40.0 Å². The molecular formula is C13H20N2O2. The normalized spacial score (nSPS) is 27.7. The van der Waals surface area contributed by atoms with Gasteiger partial charge in [-0.15, -0.1) is 0 Å². The van der Waals surface area contributed by atoms with E-state index >= 15 is 0 Å². The maximum absolute atomic E-state index is 11.1. The Morgan fingerprint density at radius 2 is 2.24 bits per heavy atom. The number of H-pyrrole nitrogens is 1. The van der Waals surface area contributed by atoms with E-state index in [9.17, 15) is 4.79 Å². The van der Waals surface area contributed by atoms with E-state index in [-0.39, 0.29) is 11.7 Å². The minimum Gasteiger partial charge on any atom is -0.474 e. The van der Waals surface area contributed by atoms with Gasteiger partial charge in [-0.1, -0.05) is 20.8 Å². The summed E-state index contributed by atoms with van der Waals surface area (Å²) in [6.45, 7) is 6.79. The summed E-state index contributed by atoms with van der Waals surface area (Å²) in [5.41, 5.74) is 0.141. The van der Waals surface area contributed by atoms with Crippen LogP contribution in [-0.2, 0) is 0 Å². The van der Waals surface area contributed by atoms with Crippen LogP contribution in [0.2, 0.25) is 0 Å². The highest BCUT2D eigenvalue weighted by molar-refractivity contribution is 5.06. The molecule has 1 fully saturated rings. The van der Waals surface area contributed by atoms with Crippen molar-refractivity contribution in [3.8, 4) is 5.88 Å². The second-order valence-corrected chi connectivity index (χ2v) is 5.90. The van der Waals surface area contributed by atoms with E-state index in [2.05, 4.69) is 30.7 Å². The van der Waals surface area contributed by atoms with Crippen LogP contribution < -0.4 is 10.3 Å². The maximum atomic E-state index is 11.1. The van der Waals surface area contributed by atoms with E-state index in [0.717, 1.165) is 12.8 Å². The lowest BCUT2D eigenvalue weighted by atomic mass is 9.71. The van der Waals surface area contributed by atoms with E-state index in [0.29, 0.717) is 17.2 Å². The largest absolute Gasteiger partial charge is 0.474 e. The molecule has 0 aliphatic heterocycles. The van der Waals surface area contributed by atoms with E-state index in [4.69, 9.17) is 4.74 Å². The van der Waals surface area contributed by atoms with Crippen LogP contribution in [-0.4, -0.2) is 16.1 Å². The molecule has 1 aromatic rings. The van der Waals surface area contributed by atoms with Gasteiger partial charge in [-0.2, -0.15) is 0 Å². The van der Waals surface area contributed by atoms with Gasteiger partial charge in [0.2, 0.25) is 5.88 Å². The number of hydrogen-bond donors (Lipinski definition) is 1. The number of nitrogens with zero attached hydrogens (tertiary/aromatic N) is 1. The molecule has 0 bridgehead atoms. The van der Waals surface area contributed by atoms with Gasteiger partial charge in [0.15, 0.2) is 0 Å². The van der Waals surface area contributed by atoms with E-state index < -0.39 is 0 Å². The predicted octanol–water partition coefficient (Wildman–Crippen LogP) is 2.36. The first kappa shape index (κ1) is 12.1. The first-order chi connectivity index (χ1) is 7.94. The van der Waals surface area contributed by atoms with Crippen LogP contribution in [0.3, 0.4) is 0 Å². The number of aromatic nitrogens is 2. The van der Waals surface area contributed by atoms with Crippen molar-refractivity contribution in [3.05, 3.63) is 22.7 Å². The summed E-state index contributed by atoms with van der Waals surface area (Å²) < 4.78 is 5.81. The molecule has 0 radical (unpaired) electrons. The molecule has 1 saturated carbocycles. The number of rotatable bonds is 2. The van der Waals surface area contributed by atoms with E-state index in [1.54, 1.807) is 0 Å². The summed E-state index contributed by atoms with van der Waals surface area (Å²) in [6, 6.07) is 1.41. The molecule has 17 heavy (non-hydrogen) atoms. The van der Waals surface area contributed by atoms with E-state index in [1.165, 1.54) is 18.8 Å². The topological polar surface area (TPSA) is 55.0 Å². The zero-order valence-corrected chi connectivity index (χ0v) is 10.7. The summed E-state index contributed by atoms with van der Waals surface area (Å²) in [4.78, 5) is 17.7. The molecular weight excluding hydrogens is 216 g/mol. The molecule has 0 saturated heterocycles. The highest BCUT2D eigenvalue weighted by Gasteiger charge is 2.33. The SMILES string of the molecule is CC1CC(Oc2cc(=O)[nH]cn2)CC(C)(C)C1. The van der Waals surface area contributed by atoms with Gasteiger partial charge >= 0.3 is 0 Å². The zero-order chi connectivity index (χ0) is 12.5. The Morgan fingerprint density at radius 1 is 1.47 bits per heavy atom. The summed E-state index contributed by atoms with van der Waals surface area (Å²) in [5, 5.41) is 0. The molecule has 1 heterocycles. The Labute approximate surface area is 101 Å². The van der Waals surface area contributed by atoms with Crippen LogP contribution in [0.4, 0.5) is 0 Å². The van der Waals surface area contributed by atoms with Gasteiger partial charge in [-0.3, -0.25) is 4.79 Å². The summed E-state index contributed by atoms with van der Waals surface area (Å²) in [6.07, 6.45) is 4.84. The van der Waals surface area contributed by atoms with Gasteiger partial charge in [0, 0.05) is 0 Å². The van der Waals surface area contributed by atoms with Crippen molar-refractivity contribution >= 4 is 0 Å². The quantitative estimate of drug-likeness (QED) is 0.857. The van der Waals surface area contributed by atoms with Crippen molar-refractivity contribution in [1.29, 1.82) is 0 Å². The van der Waals surface area contributed by atoms with Crippen molar-refractivity contribution in [1.82, 2.24) is 9.97 Å². The van der Waals surface area contributed by atoms with Gasteiger partial charge in [0.05, 0.1) is 12.4 Å². The van der Waals surface area contributed by atoms with Crippen molar-refractivity contribution in [2.45, 2.75) is 46.1 Å². The summed E-state index contributed by atoms with van der Waals surface area (Å²) >= 11 is 0. The molecule has 2 unspecified atom stereocenters. The fourth-order valence-corrected chi connectivity index (χ4v) is 2.93. The van der Waals surface area contributed by atoms with Gasteiger partial charge < -0.3 is 9.72 Å². The monoisotopic (exact) mass is 236 g/mol. The molecule has 1 aliphatic carbocycles. The molecule has 0 aromatic carbocycles. The highest BCUT2D eigenvalue weighted by atomic mass is 16.5. The molecule has 2 rings (SSSR count). The van der Waals surface area contributed by atoms with Crippen LogP contribution in [0, 0.1) is 11.3 Å². The zero-order valence-electron chi connectivity index (χ0n) is 10.7. The number of ether oxygens (including phenoxy) is 1. The van der Waals surface area contributed by atoms with Crippen LogP contribution >= 0.6 is 0 Å².